The third-order valence-corrected chi connectivity index (χ3v) is 1.31. The number of hydrogen-bond donors (Lipinski definition) is 0. The maximum atomic E-state index is 3.87. The molecule has 56 valence electrons. The van der Waals surface area contributed by atoms with Gasteiger partial charge in [0.05, 0.1) is 0 Å². The van der Waals surface area contributed by atoms with E-state index in [9.17, 15) is 0 Å². The second-order valence-electron chi connectivity index (χ2n) is 2.43. The molecule has 0 nitrogen and oxygen atoms in total. The molecule has 0 N–H and O–H groups in total. The predicted molar refractivity (Wildman–Crippen MR) is 58.4 cm³/mol. The Labute approximate surface area is 71.2 Å². The first kappa shape index (κ1) is 10.2. The fourth-order valence-corrected chi connectivity index (χ4v) is 0.720. The quantitative estimate of drug-likeness (QED) is 0.404. The average molecular weight is 144 g/mol. The van der Waals surface area contributed by atoms with Crippen molar-refractivity contribution in [3.8, 4) is 0 Å². The number of hydrogen-bond acceptors (Lipinski definition) is 0. The van der Waals surface area contributed by atoms with Crippen LogP contribution in [0.25, 0.3) is 0 Å². The van der Waals surface area contributed by atoms with Gasteiger partial charge in [0.15, 0.2) is 0 Å². The van der Waals surface area contributed by atoms with E-state index in [1.54, 1.807) is 0 Å². The second kappa shape index (κ2) is 5.96. The second-order valence-corrected chi connectivity index (χ2v) is 2.43. The summed E-state index contributed by atoms with van der Waals surface area (Å²) in [6, 6.07) is 0. The van der Waals surface area contributed by atoms with E-state index < -0.39 is 0 Å². The van der Waals surface area contributed by atoms with Gasteiger partial charge in [-0.1, -0.05) is 0 Å². The molecule has 0 aliphatic carbocycles. The Morgan fingerprint density at radius 2 is 1.91 bits per heavy atom. The Morgan fingerprint density at radius 3 is 2.27 bits per heavy atom. The first-order chi connectivity index (χ1) is 5.22. The molecule has 0 aliphatic rings. The van der Waals surface area contributed by atoms with E-state index in [4.69, 9.17) is 0 Å². The van der Waals surface area contributed by atoms with Crippen LogP contribution in [-0.4, -0.2) is 20.7 Å². The van der Waals surface area contributed by atoms with Gasteiger partial charge in [0.2, 0.25) is 0 Å². The zero-order valence-corrected chi connectivity index (χ0v) is 7.59. The summed E-state index contributed by atoms with van der Waals surface area (Å²) in [5.74, 6) is 0. The van der Waals surface area contributed by atoms with E-state index >= 15 is 0 Å². The van der Waals surface area contributed by atoms with Gasteiger partial charge in [-0.3, -0.25) is 0 Å². The molecule has 0 amide bonds. The summed E-state index contributed by atoms with van der Waals surface area (Å²) in [5, 5.41) is 1.10. The van der Waals surface area contributed by atoms with Crippen molar-refractivity contribution in [2.75, 3.05) is 0 Å². The number of rotatable bonds is 3. The van der Waals surface area contributed by atoms with E-state index in [0.717, 1.165) is 5.36 Å². The van der Waals surface area contributed by atoms with Crippen molar-refractivity contribution >= 4 is 20.7 Å². The summed E-state index contributed by atoms with van der Waals surface area (Å²) < 4.78 is 0. The molecular formula is C9H14B2. The molecule has 0 fully saturated rings. The Bertz CT molecular complexity index is 210. The Kier molecular flexibility index (Phi) is 5.54. The van der Waals surface area contributed by atoms with Crippen LogP contribution in [-0.2, 0) is 0 Å². The van der Waals surface area contributed by atoms with E-state index in [-0.39, 0.29) is 0 Å². The van der Waals surface area contributed by atoms with Crippen LogP contribution >= 0.6 is 0 Å². The summed E-state index contributed by atoms with van der Waals surface area (Å²) in [5.41, 5.74) is 1.19. The monoisotopic (exact) mass is 144 g/mol. The first-order valence-corrected chi connectivity index (χ1v) is 3.84. The van der Waals surface area contributed by atoms with Crippen LogP contribution in [0.15, 0.2) is 36.0 Å². The van der Waals surface area contributed by atoms with Gasteiger partial charge < -0.3 is 0 Å². The molecule has 2 heteroatoms. The van der Waals surface area contributed by atoms with Crippen molar-refractivity contribution < 1.29 is 0 Å². The van der Waals surface area contributed by atoms with E-state index in [1.807, 2.05) is 39.9 Å². The Morgan fingerprint density at radius 1 is 1.27 bits per heavy atom. The number of allylic oxidation sites excluding steroid dienone is 6. The fraction of sp³-hybridized carbons (Fsp3) is 0.222. The van der Waals surface area contributed by atoms with Gasteiger partial charge in [0.1, 0.15) is 0 Å². The summed E-state index contributed by atoms with van der Waals surface area (Å²) in [4.78, 5) is 0. The third-order valence-electron chi connectivity index (χ3n) is 1.31. The Hall–Kier alpha value is -0.780. The van der Waals surface area contributed by atoms with Gasteiger partial charge in [-0.25, -0.2) is 0 Å². The summed E-state index contributed by atoms with van der Waals surface area (Å²) in [6.45, 7) is 4.01. The molecule has 0 heterocycles. The molecule has 0 radical (unpaired) electrons. The molecule has 0 aromatic rings. The van der Waals surface area contributed by atoms with Crippen molar-refractivity contribution in [2.45, 2.75) is 13.8 Å². The van der Waals surface area contributed by atoms with E-state index in [0.29, 0.717) is 0 Å². The molecule has 0 spiro atoms. The first-order valence-electron chi connectivity index (χ1n) is 3.84. The zero-order valence-electron chi connectivity index (χ0n) is 7.59. The molecule has 11 heavy (non-hydrogen) atoms. The van der Waals surface area contributed by atoms with Gasteiger partial charge in [0, 0.05) is 0 Å². The molecule has 0 saturated heterocycles. The topological polar surface area (TPSA) is 0 Å². The molecule has 0 unspecified atom stereocenters. The zero-order chi connectivity index (χ0) is 8.69. The molecule has 0 aromatic carbocycles. The van der Waals surface area contributed by atoms with Crippen molar-refractivity contribution in [1.82, 2.24) is 0 Å². The third kappa shape index (κ3) is 4.60. The molecule has 0 bridgehead atoms. The van der Waals surface area contributed by atoms with Crippen molar-refractivity contribution in [1.29, 1.82) is 0 Å². The van der Waals surface area contributed by atoms with Crippen LogP contribution in [0, 0.1) is 0 Å². The molecule has 0 atom stereocenters. The fourth-order valence-electron chi connectivity index (χ4n) is 0.720. The van der Waals surface area contributed by atoms with Gasteiger partial charge in [-0.15, -0.1) is 0 Å². The maximum absolute atomic E-state index is 3.87. The van der Waals surface area contributed by atoms with Crippen molar-refractivity contribution in [3.05, 3.63) is 36.0 Å². The minimum absolute atomic E-state index is 1.10. The normalized spacial score (nSPS) is 13.0. The van der Waals surface area contributed by atoms with Crippen LogP contribution in [0.2, 0.25) is 0 Å². The molecule has 0 rings (SSSR count). The Balaban J connectivity index is 4.45. The molecular weight excluding hydrogens is 130 g/mol. The van der Waals surface area contributed by atoms with Crippen LogP contribution in [0.5, 0.6) is 0 Å². The van der Waals surface area contributed by atoms with Crippen molar-refractivity contribution in [2.24, 2.45) is 0 Å². The van der Waals surface area contributed by atoms with Gasteiger partial charge in [-0.2, -0.15) is 0 Å². The molecule has 0 aliphatic heterocycles. The van der Waals surface area contributed by atoms with Crippen LogP contribution in [0.4, 0.5) is 0 Å². The van der Waals surface area contributed by atoms with Gasteiger partial charge in [0.25, 0.3) is 0 Å². The van der Waals surface area contributed by atoms with Gasteiger partial charge in [-0.05, 0) is 0 Å². The molecule has 0 saturated carbocycles. The summed E-state index contributed by atoms with van der Waals surface area (Å²) in [7, 11) is 5.88. The SMILES string of the molecule is B=C(B)C(/C=C\C)=C/C=C\C. The van der Waals surface area contributed by atoms with Crippen molar-refractivity contribution in [3.63, 3.8) is 0 Å². The summed E-state index contributed by atoms with van der Waals surface area (Å²) in [6.07, 6.45) is 10.2. The van der Waals surface area contributed by atoms with Crippen LogP contribution in [0.1, 0.15) is 13.8 Å². The average Bonchev–Trinajstić information content (AvgIpc) is 1.97. The van der Waals surface area contributed by atoms with Crippen LogP contribution < -0.4 is 0 Å². The minimum atomic E-state index is 1.10. The predicted octanol–water partition coefficient (Wildman–Crippen LogP) is 0.729. The standard InChI is InChI=1S/C9H14B2/c1-3-5-7-8(6-4-2)9(10)11/h3-7,10H,11H2,1-2H3/b5-3-,6-4-,8-7+. The van der Waals surface area contributed by atoms with E-state index in [2.05, 4.69) is 19.6 Å². The van der Waals surface area contributed by atoms with Gasteiger partial charge >= 0.3 is 70.5 Å². The summed E-state index contributed by atoms with van der Waals surface area (Å²) >= 11 is 0. The van der Waals surface area contributed by atoms with Crippen LogP contribution in [0.3, 0.4) is 0 Å². The molecule has 0 aromatic heterocycles. The van der Waals surface area contributed by atoms with E-state index in [1.165, 1.54) is 5.57 Å².